The molecule has 6 aromatic rings. The Morgan fingerprint density at radius 2 is 1.32 bits per heavy atom. The summed E-state index contributed by atoms with van der Waals surface area (Å²) in [6.07, 6.45) is 5.04. The van der Waals surface area contributed by atoms with Crippen molar-refractivity contribution in [1.29, 1.82) is 5.26 Å². The molecule has 2 saturated heterocycles. The quantitative estimate of drug-likeness (QED) is 0.115. The Morgan fingerprint density at radius 3 is 1.94 bits per heavy atom. The summed E-state index contributed by atoms with van der Waals surface area (Å²) in [5.41, 5.74) is 16.2. The molecule has 3 spiro atoms. The van der Waals surface area contributed by atoms with E-state index in [9.17, 15) is 5.26 Å². The van der Waals surface area contributed by atoms with Crippen LogP contribution in [0.5, 0.6) is 11.5 Å². The van der Waals surface area contributed by atoms with Crippen LogP contribution in [0, 0.1) is 24.5 Å². The molecule has 4 N–H and O–H groups in total. The zero-order chi connectivity index (χ0) is 48.7. The number of halogens is 1. The van der Waals surface area contributed by atoms with Crippen LogP contribution in [0.15, 0.2) is 156 Å². The van der Waals surface area contributed by atoms with Crippen LogP contribution in [0.25, 0.3) is 32.1 Å². The molecule has 0 aliphatic carbocycles. The van der Waals surface area contributed by atoms with Gasteiger partial charge in [-0.25, -0.2) is 25.2 Å². The highest BCUT2D eigenvalue weighted by atomic mass is 35.5. The highest BCUT2D eigenvalue weighted by Crippen LogP contribution is 2.52. The summed E-state index contributed by atoms with van der Waals surface area (Å²) in [4.78, 5) is 22.9. The number of benzene rings is 6. The largest absolute Gasteiger partial charge is 0.485 e. The maximum Gasteiger partial charge on any atom is 0.222 e. The second-order valence-corrected chi connectivity index (χ2v) is 18.1. The number of hydrogen-bond acceptors (Lipinski definition) is 12. The van der Waals surface area contributed by atoms with Gasteiger partial charge in [-0.15, -0.1) is 17.4 Å². The van der Waals surface area contributed by atoms with E-state index in [0.717, 1.165) is 102 Å². The Kier molecular flexibility index (Phi) is 14.9. The first-order chi connectivity index (χ1) is 34.1. The highest BCUT2D eigenvalue weighted by Gasteiger charge is 2.56. The van der Waals surface area contributed by atoms with Gasteiger partial charge in [0.05, 0.1) is 42.0 Å². The summed E-state index contributed by atoms with van der Waals surface area (Å²) in [5, 5.41) is 22.4. The summed E-state index contributed by atoms with van der Waals surface area (Å²) in [5.74, 6) is 1.89. The summed E-state index contributed by atoms with van der Waals surface area (Å²) in [6, 6.07) is 50.4. The number of nitrogens with one attached hydrogen (secondary N) is 1. The molecule has 0 bridgehead atoms. The second-order valence-electron chi connectivity index (χ2n) is 18.1. The number of ether oxygens (including phenoxy) is 2. The minimum atomic E-state index is -0.963. The fraction of sp³-hybridized carbons (Fsp3) is 0.268. The van der Waals surface area contributed by atoms with Gasteiger partial charge in [-0.1, -0.05) is 78.9 Å². The molecule has 5 heterocycles. The van der Waals surface area contributed by atoms with Crippen LogP contribution in [0.1, 0.15) is 55.2 Å². The standard InChI is InChI=1S/C28H27N5O2.C27H22N4O.CH5NO.ClH/c1-32-26(30)31-28(35-32)18-27(13-6-14-33(19-27)23-9-3-2-4-10-23)34-25-12-11-22(16-24(25)28)21-8-5-7-20(15-21)17-29;1-28-22-9-6-8-20(16-22)21-12-13-26-24(17-21)25(30-29-2)18-27(32-26)14-7-15-31(19-27)23-10-4-3-5-11-23;1-2-3;/h2-5,7-12,15-16H,6,13-14,18-19H2,1H3,(H2,30,31);3-6,8-13,16-17H,7,14-15,18-19H2;2-3H,1H3;1H/b;30-25-;;. The zero-order valence-corrected chi connectivity index (χ0v) is 40.5. The minimum absolute atomic E-state index is 0. The number of aliphatic imine (C=N–C) groups is 1. The summed E-state index contributed by atoms with van der Waals surface area (Å²) >= 11 is 0. The van der Waals surface area contributed by atoms with Crippen LogP contribution in [-0.2, 0) is 10.6 Å². The molecular weight excluding hydrogens is 912 g/mol. The van der Waals surface area contributed by atoms with Gasteiger partial charge in [0.2, 0.25) is 11.7 Å². The van der Waals surface area contributed by atoms with Crippen molar-refractivity contribution in [2.45, 2.75) is 55.5 Å². The van der Waals surface area contributed by atoms with Gasteiger partial charge in [-0.2, -0.15) is 11.8 Å². The molecule has 15 heteroatoms. The number of hydroxylamine groups is 3. The average molecular weight is 968 g/mol. The van der Waals surface area contributed by atoms with Crippen molar-refractivity contribution >= 4 is 41.1 Å². The molecule has 6 aromatic carbocycles. The Hall–Kier alpha value is -7.90. The number of guanidine groups is 1. The zero-order valence-electron chi connectivity index (χ0n) is 39.7. The molecule has 360 valence electrons. The van der Waals surface area contributed by atoms with Crippen LogP contribution in [0.4, 0.5) is 17.1 Å². The number of rotatable bonds is 4. The molecule has 5 aliphatic heterocycles. The van der Waals surface area contributed by atoms with E-state index >= 15 is 0 Å². The predicted octanol–water partition coefficient (Wildman–Crippen LogP) is 10.8. The summed E-state index contributed by atoms with van der Waals surface area (Å²) < 4.78 is 13.5. The van der Waals surface area contributed by atoms with Crippen molar-refractivity contribution in [1.82, 2.24) is 10.5 Å². The van der Waals surface area contributed by atoms with Gasteiger partial charge in [0.25, 0.3) is 0 Å². The van der Waals surface area contributed by atoms with Gasteiger partial charge >= 0.3 is 0 Å². The molecular formula is C56H55ClN10O4. The van der Waals surface area contributed by atoms with E-state index in [2.05, 4.69) is 85.4 Å². The molecule has 11 rings (SSSR count). The topological polar surface area (TPSA) is 153 Å². The normalized spacial score (nSPS) is 22.1. The van der Waals surface area contributed by atoms with Crippen LogP contribution < -0.4 is 30.5 Å². The number of fused-ring (bicyclic) bond motifs is 3. The van der Waals surface area contributed by atoms with E-state index in [0.29, 0.717) is 30.1 Å². The van der Waals surface area contributed by atoms with Crippen molar-refractivity contribution in [3.63, 3.8) is 0 Å². The van der Waals surface area contributed by atoms with E-state index in [4.69, 9.17) is 43.4 Å². The number of nitrogens with zero attached hydrogens (tertiary/aromatic N) is 8. The van der Waals surface area contributed by atoms with Gasteiger partial charge < -0.3 is 30.2 Å². The van der Waals surface area contributed by atoms with E-state index in [1.54, 1.807) is 29.7 Å². The lowest BCUT2D eigenvalue weighted by atomic mass is 9.79. The Balaban J connectivity index is 0.000000179. The fourth-order valence-electron chi connectivity index (χ4n) is 10.4. The van der Waals surface area contributed by atoms with Crippen LogP contribution in [0.2, 0.25) is 0 Å². The third-order valence-electron chi connectivity index (χ3n) is 13.4. The van der Waals surface area contributed by atoms with Gasteiger partial charge in [0.15, 0.2) is 5.69 Å². The van der Waals surface area contributed by atoms with E-state index in [1.165, 1.54) is 18.4 Å². The molecule has 5 aliphatic rings. The van der Waals surface area contributed by atoms with Crippen molar-refractivity contribution in [3.8, 4) is 39.8 Å². The van der Waals surface area contributed by atoms with Crippen LogP contribution >= 0.6 is 12.4 Å². The molecule has 2 fully saturated rings. The van der Waals surface area contributed by atoms with Crippen molar-refractivity contribution in [2.75, 3.05) is 50.1 Å². The number of para-hydroxylation sites is 2. The molecule has 14 nitrogen and oxygen atoms in total. The van der Waals surface area contributed by atoms with Crippen LogP contribution in [-0.4, -0.2) is 73.4 Å². The third-order valence-corrected chi connectivity index (χ3v) is 13.4. The number of nitriles is 1. The lowest BCUT2D eigenvalue weighted by molar-refractivity contribution is -0.204. The average Bonchev–Trinajstić information content (AvgIpc) is 3.68. The number of hydrogen-bond donors (Lipinski definition) is 3. The van der Waals surface area contributed by atoms with Gasteiger partial charge in [-0.05, 0) is 115 Å². The smallest absolute Gasteiger partial charge is 0.222 e. The van der Waals surface area contributed by atoms with Gasteiger partial charge in [-0.3, -0.25) is 0 Å². The Bertz CT molecular complexity index is 3060. The van der Waals surface area contributed by atoms with E-state index < -0.39 is 16.9 Å². The first kappa shape index (κ1) is 49.5. The predicted molar refractivity (Wildman–Crippen MR) is 280 cm³/mol. The molecule has 0 radical (unpaired) electrons. The number of anilines is 2. The number of nitrogens with two attached hydrogens (primary N) is 1. The SMILES string of the molecule is CN1OC2(CC3(CCCN(c4ccccc4)C3)Oc3ccc(-c4cccc(C#N)c4)cc32)N=C1N.CNO.Cl.[C-]#[N+]/N=C1/CC2(CCCN(c3ccccc3)C2)Oc2ccc(-c3cccc([N+]#[C-])c3)cc21. The van der Waals surface area contributed by atoms with Crippen LogP contribution in [0.3, 0.4) is 0 Å². The maximum atomic E-state index is 9.34. The molecule has 3 unspecified atom stereocenters. The third kappa shape index (κ3) is 10.5. The van der Waals surface area contributed by atoms with E-state index in [-0.39, 0.29) is 12.4 Å². The molecule has 3 atom stereocenters. The second kappa shape index (κ2) is 21.4. The minimum Gasteiger partial charge on any atom is -0.485 e. The molecule has 71 heavy (non-hydrogen) atoms. The first-order valence-electron chi connectivity index (χ1n) is 23.4. The summed E-state index contributed by atoms with van der Waals surface area (Å²) in [7, 11) is 3.22. The number of piperidine rings is 2. The van der Waals surface area contributed by atoms with E-state index in [1.807, 2.05) is 78.9 Å². The lowest BCUT2D eigenvalue weighted by Gasteiger charge is -2.49. The van der Waals surface area contributed by atoms with Gasteiger partial charge in [0.1, 0.15) is 28.4 Å². The van der Waals surface area contributed by atoms with Crippen molar-refractivity contribution < 1.29 is 19.5 Å². The summed E-state index contributed by atoms with van der Waals surface area (Å²) in [6.45, 7) is 18.1. The lowest BCUT2D eigenvalue weighted by Crippen LogP contribution is -2.57. The highest BCUT2D eigenvalue weighted by molar-refractivity contribution is 6.05. The van der Waals surface area contributed by atoms with Crippen molar-refractivity contribution in [2.24, 2.45) is 15.8 Å². The monoisotopic (exact) mass is 966 g/mol. The fourth-order valence-corrected chi connectivity index (χ4v) is 10.4. The van der Waals surface area contributed by atoms with Crippen molar-refractivity contribution in [3.05, 3.63) is 185 Å². The molecule has 0 amide bonds. The molecule has 0 saturated carbocycles. The Morgan fingerprint density at radius 1 is 0.746 bits per heavy atom. The Labute approximate surface area is 421 Å². The maximum absolute atomic E-state index is 9.34. The molecule has 0 aromatic heterocycles. The van der Waals surface area contributed by atoms with Gasteiger partial charge in [0, 0.05) is 57.0 Å². The first-order valence-corrected chi connectivity index (χ1v) is 23.4.